The minimum absolute atomic E-state index is 0.179. The van der Waals surface area contributed by atoms with Gasteiger partial charge in [0.05, 0.1) is 10.6 Å². The van der Waals surface area contributed by atoms with Gasteiger partial charge in [-0.3, -0.25) is 9.10 Å². The fourth-order valence-corrected chi connectivity index (χ4v) is 6.70. The zero-order valence-electron chi connectivity index (χ0n) is 15.0. The van der Waals surface area contributed by atoms with Gasteiger partial charge in [-0.25, -0.2) is 8.42 Å². The van der Waals surface area contributed by atoms with Gasteiger partial charge in [-0.05, 0) is 43.2 Å². The maximum Gasteiger partial charge on any atom is 0.265 e. The van der Waals surface area contributed by atoms with Crippen molar-refractivity contribution in [2.45, 2.75) is 36.6 Å². The topological polar surface area (TPSA) is 66.5 Å². The molecule has 5 nitrogen and oxygen atoms in total. The lowest BCUT2D eigenvalue weighted by Gasteiger charge is -2.32. The summed E-state index contributed by atoms with van der Waals surface area (Å²) in [5.41, 5.74) is 2.10. The molecule has 27 heavy (non-hydrogen) atoms. The molecule has 0 saturated heterocycles. The number of carbonyl (C=O) groups excluding carboxylic acids is 1. The first-order valence-electron chi connectivity index (χ1n) is 9.54. The Morgan fingerprint density at radius 1 is 1.00 bits per heavy atom. The first-order valence-corrected chi connectivity index (χ1v) is 11.0. The summed E-state index contributed by atoms with van der Waals surface area (Å²) < 4.78 is 27.7. The van der Waals surface area contributed by atoms with Gasteiger partial charge in [0.25, 0.3) is 10.0 Å². The number of anilines is 1. The molecular weight excluding hydrogens is 360 g/mol. The van der Waals surface area contributed by atoms with E-state index in [1.165, 1.54) is 23.6 Å². The van der Waals surface area contributed by atoms with Crippen molar-refractivity contribution in [2.75, 3.05) is 10.8 Å². The van der Waals surface area contributed by atoms with E-state index in [9.17, 15) is 13.2 Å². The highest BCUT2D eigenvalue weighted by Crippen LogP contribution is 2.45. The number of nitrogens with zero attached hydrogens (tertiary/aromatic N) is 1. The minimum Gasteiger partial charge on any atom is -0.352 e. The van der Waals surface area contributed by atoms with Gasteiger partial charge in [-0.1, -0.05) is 42.8 Å². The molecule has 2 aliphatic carbocycles. The third-order valence-corrected chi connectivity index (χ3v) is 8.11. The number of sulfonamides is 1. The van der Waals surface area contributed by atoms with Crippen molar-refractivity contribution in [1.29, 1.82) is 0 Å². The Balaban J connectivity index is 1.46. The number of hydrogen-bond acceptors (Lipinski definition) is 3. The molecule has 2 aromatic carbocycles. The van der Waals surface area contributed by atoms with E-state index in [0.717, 1.165) is 17.9 Å². The van der Waals surface area contributed by atoms with Crippen molar-refractivity contribution in [3.8, 4) is 11.1 Å². The number of fused-ring (bicyclic) bond motifs is 5. The summed E-state index contributed by atoms with van der Waals surface area (Å²) in [5, 5.41) is 3.11. The number of carbonyl (C=O) groups is 1. The third-order valence-electron chi connectivity index (χ3n) is 6.29. The largest absolute Gasteiger partial charge is 0.352 e. The first-order chi connectivity index (χ1) is 13.0. The van der Waals surface area contributed by atoms with E-state index in [1.807, 2.05) is 30.3 Å². The van der Waals surface area contributed by atoms with Crippen LogP contribution in [0.1, 0.15) is 25.7 Å². The van der Waals surface area contributed by atoms with Gasteiger partial charge >= 0.3 is 0 Å². The summed E-state index contributed by atoms with van der Waals surface area (Å²) >= 11 is 0. The fraction of sp³-hybridized carbons (Fsp3) is 0.381. The molecule has 2 bridgehead atoms. The summed E-state index contributed by atoms with van der Waals surface area (Å²) in [6.45, 7) is -0.179. The SMILES string of the molecule is O=C(CN1c2ccccc2-c2ccccc2S1(=O)=O)NC1CC2CCC1C2. The van der Waals surface area contributed by atoms with E-state index in [2.05, 4.69) is 5.32 Å². The molecular formula is C21H22N2O3S. The maximum absolute atomic E-state index is 13.2. The summed E-state index contributed by atoms with van der Waals surface area (Å²) in [5.74, 6) is 1.07. The molecule has 3 unspecified atom stereocenters. The standard InChI is InChI=1S/C21H22N2O3S/c24-21(22-18-12-14-9-10-15(18)11-14)13-23-19-7-3-1-5-16(19)17-6-2-4-8-20(17)27(23,25)26/h1-8,14-15,18H,9-13H2,(H,22,24). The van der Waals surface area contributed by atoms with Gasteiger partial charge in [0.15, 0.2) is 0 Å². The number of nitrogens with one attached hydrogen (secondary N) is 1. The van der Waals surface area contributed by atoms with Crippen LogP contribution in [0.15, 0.2) is 53.4 Å². The molecule has 2 aromatic rings. The van der Waals surface area contributed by atoms with Crippen LogP contribution < -0.4 is 9.62 Å². The van der Waals surface area contributed by atoms with Crippen molar-refractivity contribution in [3.05, 3.63) is 48.5 Å². The Bertz CT molecular complexity index is 1020. The molecule has 3 atom stereocenters. The molecule has 0 spiro atoms. The van der Waals surface area contributed by atoms with Gasteiger partial charge in [0.1, 0.15) is 6.54 Å². The Labute approximate surface area is 159 Å². The van der Waals surface area contributed by atoms with E-state index in [1.54, 1.807) is 18.2 Å². The number of benzene rings is 2. The van der Waals surface area contributed by atoms with E-state index >= 15 is 0 Å². The van der Waals surface area contributed by atoms with Crippen LogP contribution in [0.4, 0.5) is 5.69 Å². The molecule has 1 aliphatic heterocycles. The Kier molecular flexibility index (Phi) is 3.79. The Hall–Kier alpha value is -2.34. The molecule has 2 fully saturated rings. The van der Waals surface area contributed by atoms with Crippen LogP contribution in [0.2, 0.25) is 0 Å². The molecule has 6 heteroatoms. The van der Waals surface area contributed by atoms with Crippen LogP contribution >= 0.6 is 0 Å². The number of amides is 1. The van der Waals surface area contributed by atoms with Crippen molar-refractivity contribution >= 4 is 21.6 Å². The van der Waals surface area contributed by atoms with Crippen molar-refractivity contribution in [2.24, 2.45) is 11.8 Å². The highest BCUT2D eigenvalue weighted by Gasteiger charge is 2.41. The zero-order chi connectivity index (χ0) is 18.6. The van der Waals surface area contributed by atoms with Gasteiger partial charge in [0, 0.05) is 17.2 Å². The van der Waals surface area contributed by atoms with E-state index in [4.69, 9.17) is 0 Å². The van der Waals surface area contributed by atoms with Crippen molar-refractivity contribution in [1.82, 2.24) is 5.32 Å². The second-order valence-electron chi connectivity index (χ2n) is 7.87. The predicted molar refractivity (Wildman–Crippen MR) is 104 cm³/mol. The smallest absolute Gasteiger partial charge is 0.265 e. The van der Waals surface area contributed by atoms with Crippen LogP contribution in [0.5, 0.6) is 0 Å². The lowest BCUT2D eigenvalue weighted by molar-refractivity contribution is -0.120. The van der Waals surface area contributed by atoms with Crippen LogP contribution in [0, 0.1) is 11.8 Å². The van der Waals surface area contributed by atoms with Gasteiger partial charge in [-0.15, -0.1) is 0 Å². The molecule has 1 amide bonds. The molecule has 0 radical (unpaired) electrons. The predicted octanol–water partition coefficient (Wildman–Crippen LogP) is 3.17. The highest BCUT2D eigenvalue weighted by molar-refractivity contribution is 7.93. The molecule has 5 rings (SSSR count). The molecule has 1 N–H and O–H groups in total. The monoisotopic (exact) mass is 382 g/mol. The van der Waals surface area contributed by atoms with Crippen LogP contribution in [-0.2, 0) is 14.8 Å². The Morgan fingerprint density at radius 3 is 2.48 bits per heavy atom. The summed E-state index contributed by atoms with van der Waals surface area (Å²) in [6, 6.07) is 14.6. The molecule has 1 heterocycles. The highest BCUT2D eigenvalue weighted by atomic mass is 32.2. The average molecular weight is 382 g/mol. The van der Waals surface area contributed by atoms with Crippen molar-refractivity contribution in [3.63, 3.8) is 0 Å². The number of rotatable bonds is 3. The number of hydrogen-bond donors (Lipinski definition) is 1. The van der Waals surface area contributed by atoms with Crippen LogP contribution in [0.25, 0.3) is 11.1 Å². The van der Waals surface area contributed by atoms with E-state index in [-0.39, 0.29) is 23.4 Å². The zero-order valence-corrected chi connectivity index (χ0v) is 15.8. The van der Waals surface area contributed by atoms with Crippen LogP contribution in [0.3, 0.4) is 0 Å². The van der Waals surface area contributed by atoms with Crippen LogP contribution in [-0.4, -0.2) is 26.9 Å². The van der Waals surface area contributed by atoms with Gasteiger partial charge in [-0.2, -0.15) is 0 Å². The quantitative estimate of drug-likeness (QED) is 0.887. The van der Waals surface area contributed by atoms with Crippen molar-refractivity contribution < 1.29 is 13.2 Å². The lowest BCUT2D eigenvalue weighted by atomic mass is 9.95. The molecule has 0 aromatic heterocycles. The maximum atomic E-state index is 13.2. The summed E-state index contributed by atoms with van der Waals surface area (Å²) in [6.07, 6.45) is 4.67. The average Bonchev–Trinajstić information content (AvgIpc) is 3.28. The second kappa shape index (κ2) is 6.09. The third kappa shape index (κ3) is 2.65. The number of para-hydroxylation sites is 1. The lowest BCUT2D eigenvalue weighted by Crippen LogP contribution is -2.46. The fourth-order valence-electron chi connectivity index (χ4n) is 5.06. The minimum atomic E-state index is -3.76. The normalized spacial score (nSPS) is 27.1. The molecule has 2 saturated carbocycles. The molecule has 3 aliphatic rings. The Morgan fingerprint density at radius 2 is 1.74 bits per heavy atom. The summed E-state index contributed by atoms with van der Waals surface area (Å²) in [7, 11) is -3.76. The van der Waals surface area contributed by atoms with E-state index < -0.39 is 10.0 Å². The van der Waals surface area contributed by atoms with Gasteiger partial charge in [0.2, 0.25) is 5.91 Å². The second-order valence-corrected chi connectivity index (χ2v) is 9.70. The summed E-state index contributed by atoms with van der Waals surface area (Å²) in [4.78, 5) is 13.0. The van der Waals surface area contributed by atoms with E-state index in [0.29, 0.717) is 17.2 Å². The van der Waals surface area contributed by atoms with Gasteiger partial charge < -0.3 is 5.32 Å². The first kappa shape index (κ1) is 16.8. The molecule has 140 valence electrons.